The van der Waals surface area contributed by atoms with Crippen molar-refractivity contribution in [3.05, 3.63) is 133 Å². The summed E-state index contributed by atoms with van der Waals surface area (Å²) >= 11 is 0. The minimum atomic E-state index is -0.873. The molecule has 0 saturated heterocycles. The maximum absolute atomic E-state index is 13.4. The number of hydrogen-bond donors (Lipinski definition) is 0. The molecular weight excluding hydrogens is 576 g/mol. The summed E-state index contributed by atoms with van der Waals surface area (Å²) < 4.78 is 23.5. The number of hydrogen-bond acceptors (Lipinski definition) is 6. The van der Waals surface area contributed by atoms with Gasteiger partial charge in [0.1, 0.15) is 23.0 Å². The Hall–Kier alpha value is -5.88. The van der Waals surface area contributed by atoms with Crippen molar-refractivity contribution in [1.82, 2.24) is 0 Å². The molecule has 0 fully saturated rings. The highest BCUT2D eigenvalue weighted by Crippen LogP contribution is 2.44. The van der Waals surface area contributed by atoms with Gasteiger partial charge in [0, 0.05) is 32.3 Å². The molecule has 226 valence electrons. The molecule has 6 nitrogen and oxygen atoms in total. The Labute approximate surface area is 265 Å². The van der Waals surface area contributed by atoms with E-state index in [1.807, 2.05) is 115 Å². The Morgan fingerprint density at radius 2 is 0.935 bits per heavy atom. The van der Waals surface area contributed by atoms with Crippen LogP contribution in [0, 0.1) is 0 Å². The number of aryl methyl sites for hydroxylation is 1. The van der Waals surface area contributed by atoms with Crippen LogP contribution in [0.4, 0.5) is 9.59 Å². The van der Waals surface area contributed by atoms with Crippen molar-refractivity contribution in [1.29, 1.82) is 0 Å². The van der Waals surface area contributed by atoms with Crippen LogP contribution in [0.25, 0.3) is 43.1 Å². The average Bonchev–Trinajstić information content (AvgIpc) is 3.09. The Morgan fingerprint density at radius 1 is 0.478 bits per heavy atom. The van der Waals surface area contributed by atoms with Gasteiger partial charge in [-0.25, -0.2) is 9.59 Å². The summed E-state index contributed by atoms with van der Waals surface area (Å²) in [4.78, 5) is 26.7. The zero-order valence-electron chi connectivity index (χ0n) is 25.2. The molecule has 0 aliphatic rings. The van der Waals surface area contributed by atoms with Crippen molar-refractivity contribution in [2.24, 2.45) is 0 Å². The number of rotatable bonds is 7. The maximum atomic E-state index is 13.4. The second kappa shape index (κ2) is 12.6. The molecule has 0 radical (unpaired) electrons. The zero-order valence-corrected chi connectivity index (χ0v) is 25.2. The second-order valence-electron chi connectivity index (χ2n) is 11.1. The molecule has 0 unspecified atom stereocenters. The first-order valence-electron chi connectivity index (χ1n) is 15.3. The predicted molar refractivity (Wildman–Crippen MR) is 181 cm³/mol. The third kappa shape index (κ3) is 5.69. The van der Waals surface area contributed by atoms with E-state index in [2.05, 4.69) is 6.92 Å². The van der Waals surface area contributed by atoms with E-state index in [9.17, 15) is 9.59 Å². The van der Waals surface area contributed by atoms with E-state index in [-0.39, 0.29) is 0 Å². The summed E-state index contributed by atoms with van der Waals surface area (Å²) in [6.07, 6.45) is 1.13. The lowest BCUT2D eigenvalue weighted by Crippen LogP contribution is -2.16. The van der Waals surface area contributed by atoms with Crippen LogP contribution in [-0.4, -0.2) is 12.3 Å². The summed E-state index contributed by atoms with van der Waals surface area (Å²) in [5.41, 5.74) is 1.07. The molecule has 0 atom stereocenters. The summed E-state index contributed by atoms with van der Waals surface area (Å²) in [5, 5.41) is 5.88. The lowest BCUT2D eigenvalue weighted by Gasteiger charge is -2.17. The molecule has 46 heavy (non-hydrogen) atoms. The van der Waals surface area contributed by atoms with Gasteiger partial charge >= 0.3 is 12.3 Å². The van der Waals surface area contributed by atoms with Crippen molar-refractivity contribution in [2.75, 3.05) is 0 Å². The largest absolute Gasteiger partial charge is 0.519 e. The van der Waals surface area contributed by atoms with E-state index >= 15 is 0 Å². The van der Waals surface area contributed by atoms with Gasteiger partial charge in [-0.3, -0.25) is 0 Å². The molecule has 0 aromatic heterocycles. The van der Waals surface area contributed by atoms with Gasteiger partial charge in [0.25, 0.3) is 0 Å². The van der Waals surface area contributed by atoms with Gasteiger partial charge in [-0.1, -0.05) is 123 Å². The van der Waals surface area contributed by atoms with Crippen molar-refractivity contribution < 1.29 is 28.5 Å². The number of carbonyl (C=O) groups excluding carboxylic acids is 2. The topological polar surface area (TPSA) is 71.1 Å². The van der Waals surface area contributed by atoms with Crippen molar-refractivity contribution >= 4 is 55.4 Å². The molecule has 7 aromatic rings. The van der Waals surface area contributed by atoms with Gasteiger partial charge in [0.15, 0.2) is 0 Å². The lowest BCUT2D eigenvalue weighted by atomic mass is 9.97. The normalized spacial score (nSPS) is 11.2. The highest BCUT2D eigenvalue weighted by molar-refractivity contribution is 6.12. The Morgan fingerprint density at radius 3 is 1.48 bits per heavy atom. The van der Waals surface area contributed by atoms with Gasteiger partial charge in [0.2, 0.25) is 0 Å². The number of carbonyl (C=O) groups is 2. The monoisotopic (exact) mass is 606 g/mol. The summed E-state index contributed by atoms with van der Waals surface area (Å²) in [6.45, 7) is 2.14. The molecule has 0 N–H and O–H groups in total. The third-order valence-electron chi connectivity index (χ3n) is 8.07. The zero-order chi connectivity index (χ0) is 31.5. The average molecular weight is 607 g/mol. The highest BCUT2D eigenvalue weighted by atomic mass is 16.7. The van der Waals surface area contributed by atoms with Crippen molar-refractivity contribution in [3.8, 4) is 23.0 Å². The van der Waals surface area contributed by atoms with Crippen LogP contribution in [0.5, 0.6) is 23.0 Å². The fraction of sp³-hybridized carbons (Fsp3) is 0.100. The maximum Gasteiger partial charge on any atom is 0.519 e. The summed E-state index contributed by atoms with van der Waals surface area (Å²) in [6, 6.07) is 39.6. The van der Waals surface area contributed by atoms with Gasteiger partial charge in [-0.15, -0.1) is 0 Å². The van der Waals surface area contributed by atoms with Gasteiger partial charge in [0.05, 0.1) is 0 Å². The highest BCUT2D eigenvalue weighted by Gasteiger charge is 2.23. The van der Waals surface area contributed by atoms with Crippen LogP contribution in [0.15, 0.2) is 127 Å². The number of benzene rings is 7. The summed E-state index contributed by atoms with van der Waals surface area (Å²) in [5.74, 6) is 1.43. The molecule has 0 bridgehead atoms. The van der Waals surface area contributed by atoms with Gasteiger partial charge in [-0.05, 0) is 47.4 Å². The van der Waals surface area contributed by atoms with Crippen LogP contribution < -0.4 is 18.9 Å². The van der Waals surface area contributed by atoms with E-state index in [1.54, 1.807) is 12.1 Å². The number of fused-ring (bicyclic) bond motifs is 4. The molecule has 0 spiro atoms. The molecule has 0 amide bonds. The van der Waals surface area contributed by atoms with Crippen molar-refractivity contribution in [2.45, 2.75) is 26.2 Å². The molecule has 0 heterocycles. The van der Waals surface area contributed by atoms with Crippen LogP contribution in [0.1, 0.15) is 25.3 Å². The first-order valence-corrected chi connectivity index (χ1v) is 15.3. The fourth-order valence-electron chi connectivity index (χ4n) is 5.86. The molecule has 0 aliphatic carbocycles. The third-order valence-corrected chi connectivity index (χ3v) is 8.07. The van der Waals surface area contributed by atoms with Crippen LogP contribution in [0.3, 0.4) is 0 Å². The lowest BCUT2D eigenvalue weighted by molar-refractivity contribution is 0.151. The molecule has 7 aromatic carbocycles. The first-order chi connectivity index (χ1) is 22.6. The predicted octanol–water partition coefficient (Wildman–Crippen LogP) is 10.8. The fourth-order valence-corrected chi connectivity index (χ4v) is 5.86. The smallest absolute Gasteiger partial charge is 0.394 e. The van der Waals surface area contributed by atoms with Crippen LogP contribution in [-0.2, 0) is 6.42 Å². The van der Waals surface area contributed by atoms with E-state index < -0.39 is 12.3 Å². The Balaban J connectivity index is 1.29. The van der Waals surface area contributed by atoms with E-state index in [4.69, 9.17) is 18.9 Å². The Kier molecular flexibility index (Phi) is 7.92. The molecule has 0 aliphatic heterocycles. The van der Waals surface area contributed by atoms with Gasteiger partial charge < -0.3 is 18.9 Å². The standard InChI is InChI=1S/C40H30O6/c1-2-3-12-26-23-24-33-34(25-26)38(46-40(42)44-36-22-11-16-28-14-5-7-18-30(28)36)32-20-9-8-19-31(32)37(33)45-39(41)43-35-21-10-15-27-13-4-6-17-29(27)35/h4-11,13-25H,2-3,12H2,1H3. The number of ether oxygens (including phenoxy) is 4. The van der Waals surface area contributed by atoms with E-state index in [1.165, 1.54) is 0 Å². The molecular formula is C40H30O6. The molecule has 6 heteroatoms. The SMILES string of the molecule is CCCCc1ccc2c(OC(=O)Oc3cccc4ccccc34)c3ccccc3c(OC(=O)Oc3cccc4ccccc34)c2c1. The number of unbranched alkanes of at least 4 members (excludes halogenated alkanes) is 1. The van der Waals surface area contributed by atoms with E-state index in [0.29, 0.717) is 44.5 Å². The summed E-state index contributed by atoms with van der Waals surface area (Å²) in [7, 11) is 0. The van der Waals surface area contributed by atoms with Crippen LogP contribution in [0.2, 0.25) is 0 Å². The quantitative estimate of drug-likeness (QED) is 0.102. The van der Waals surface area contributed by atoms with E-state index in [0.717, 1.165) is 46.4 Å². The van der Waals surface area contributed by atoms with Crippen LogP contribution >= 0.6 is 0 Å². The first kappa shape index (κ1) is 28.9. The van der Waals surface area contributed by atoms with Crippen molar-refractivity contribution in [3.63, 3.8) is 0 Å². The second-order valence-corrected chi connectivity index (χ2v) is 11.1. The van der Waals surface area contributed by atoms with Gasteiger partial charge in [-0.2, -0.15) is 0 Å². The minimum absolute atomic E-state index is 0.313. The minimum Gasteiger partial charge on any atom is -0.394 e. The Bertz CT molecular complexity index is 2240. The molecule has 7 rings (SSSR count). The molecule has 0 saturated carbocycles.